The maximum absolute atomic E-state index is 6.02. The van der Waals surface area contributed by atoms with Crippen LogP contribution >= 0.6 is 0 Å². The van der Waals surface area contributed by atoms with Crippen LogP contribution in [0.4, 0.5) is 0 Å². The van der Waals surface area contributed by atoms with Crippen LogP contribution in [0, 0.1) is 10.8 Å². The molecule has 2 nitrogen and oxygen atoms in total. The molecule has 0 aromatic heterocycles. The van der Waals surface area contributed by atoms with Crippen molar-refractivity contribution in [2.45, 2.75) is 53.0 Å². The molecule has 1 aliphatic carbocycles. The lowest BCUT2D eigenvalue weighted by Crippen LogP contribution is -2.44. The second-order valence-corrected chi connectivity index (χ2v) is 6.60. The van der Waals surface area contributed by atoms with Gasteiger partial charge in [-0.2, -0.15) is 0 Å². The van der Waals surface area contributed by atoms with Crippen molar-refractivity contribution < 1.29 is 0 Å². The Hall–Kier alpha value is -0.0800. The molecule has 0 amide bonds. The van der Waals surface area contributed by atoms with Crippen LogP contribution in [0.3, 0.4) is 0 Å². The van der Waals surface area contributed by atoms with Gasteiger partial charge in [-0.05, 0) is 23.7 Å². The van der Waals surface area contributed by atoms with Crippen molar-refractivity contribution in [3.05, 3.63) is 0 Å². The molecule has 3 N–H and O–H groups in total. The summed E-state index contributed by atoms with van der Waals surface area (Å²) in [5.41, 5.74) is 6.81. The summed E-state index contributed by atoms with van der Waals surface area (Å²) in [6.07, 6.45) is 2.38. The van der Waals surface area contributed by atoms with Crippen LogP contribution in [-0.4, -0.2) is 18.6 Å². The van der Waals surface area contributed by atoms with E-state index >= 15 is 0 Å². The van der Waals surface area contributed by atoms with Gasteiger partial charge < -0.3 is 11.1 Å². The number of nitrogens with two attached hydrogens (primary N) is 1. The van der Waals surface area contributed by atoms with E-state index in [4.69, 9.17) is 5.73 Å². The largest absolute Gasteiger partial charge is 0.324 e. The van der Waals surface area contributed by atoms with Crippen molar-refractivity contribution in [2.75, 3.05) is 13.1 Å². The van der Waals surface area contributed by atoms with Crippen molar-refractivity contribution in [3.63, 3.8) is 0 Å². The van der Waals surface area contributed by atoms with Gasteiger partial charge >= 0.3 is 0 Å². The summed E-state index contributed by atoms with van der Waals surface area (Å²) in [6, 6.07) is 0. The van der Waals surface area contributed by atoms with Crippen LogP contribution in [-0.2, 0) is 0 Å². The molecule has 14 heavy (non-hydrogen) atoms. The van der Waals surface area contributed by atoms with Crippen LogP contribution < -0.4 is 11.1 Å². The Morgan fingerprint density at radius 2 is 1.64 bits per heavy atom. The van der Waals surface area contributed by atoms with Crippen LogP contribution in [0.15, 0.2) is 0 Å². The molecule has 0 aromatic carbocycles. The molecular weight excluding hydrogens is 172 g/mol. The predicted octanol–water partition coefficient (Wildman–Crippen LogP) is 2.14. The van der Waals surface area contributed by atoms with Gasteiger partial charge in [0.25, 0.3) is 0 Å². The highest BCUT2D eigenvalue weighted by Crippen LogP contribution is 2.37. The van der Waals surface area contributed by atoms with E-state index in [2.05, 4.69) is 39.9 Å². The fourth-order valence-electron chi connectivity index (χ4n) is 1.23. The lowest BCUT2D eigenvalue weighted by Gasteiger charge is -2.39. The normalized spacial score (nSPS) is 21.0. The molecule has 84 valence electrons. The molecule has 2 heteroatoms. The van der Waals surface area contributed by atoms with E-state index in [0.717, 1.165) is 13.1 Å². The molecule has 1 rings (SSSR count). The molecule has 0 atom stereocenters. The average molecular weight is 198 g/mol. The summed E-state index contributed by atoms with van der Waals surface area (Å²) in [5, 5.41) is 3.51. The molecule has 1 fully saturated rings. The molecule has 0 aliphatic heterocycles. The summed E-state index contributed by atoms with van der Waals surface area (Å²) < 4.78 is 0. The topological polar surface area (TPSA) is 38.0 Å². The Kier molecular flexibility index (Phi) is 2.99. The third-order valence-corrected chi connectivity index (χ3v) is 3.97. The van der Waals surface area contributed by atoms with Gasteiger partial charge in [-0.15, -0.1) is 0 Å². The van der Waals surface area contributed by atoms with Gasteiger partial charge in [-0.1, -0.05) is 34.6 Å². The van der Waals surface area contributed by atoms with Gasteiger partial charge in [-0.25, -0.2) is 0 Å². The van der Waals surface area contributed by atoms with E-state index in [1.807, 2.05) is 0 Å². The molecule has 0 saturated heterocycles. The smallest absolute Gasteiger partial charge is 0.0282 e. The van der Waals surface area contributed by atoms with E-state index in [-0.39, 0.29) is 5.54 Å². The van der Waals surface area contributed by atoms with Crippen LogP contribution in [0.25, 0.3) is 0 Å². The fraction of sp³-hybridized carbons (Fsp3) is 1.00. The maximum atomic E-state index is 6.02. The lowest BCUT2D eigenvalue weighted by atomic mass is 9.69. The number of rotatable bonds is 4. The van der Waals surface area contributed by atoms with E-state index < -0.39 is 0 Å². The second-order valence-electron chi connectivity index (χ2n) is 6.60. The molecule has 0 aromatic rings. The molecule has 0 unspecified atom stereocenters. The van der Waals surface area contributed by atoms with Gasteiger partial charge in [0.1, 0.15) is 0 Å². The highest BCUT2D eigenvalue weighted by Gasteiger charge is 2.39. The molecule has 1 saturated carbocycles. The van der Waals surface area contributed by atoms with Gasteiger partial charge in [-0.3, -0.25) is 0 Å². The average Bonchev–Trinajstić information content (AvgIpc) is 2.65. The van der Waals surface area contributed by atoms with Gasteiger partial charge in [0.2, 0.25) is 0 Å². The Morgan fingerprint density at radius 3 is 2.00 bits per heavy atom. The minimum atomic E-state index is 0.133. The minimum Gasteiger partial charge on any atom is -0.324 e. The van der Waals surface area contributed by atoms with Crippen molar-refractivity contribution in [1.29, 1.82) is 0 Å². The van der Waals surface area contributed by atoms with Crippen molar-refractivity contribution in [1.82, 2.24) is 5.32 Å². The van der Waals surface area contributed by atoms with Gasteiger partial charge in [0, 0.05) is 18.6 Å². The Labute approximate surface area is 88.6 Å². The van der Waals surface area contributed by atoms with Crippen molar-refractivity contribution >= 4 is 0 Å². The van der Waals surface area contributed by atoms with E-state index in [1.54, 1.807) is 0 Å². The zero-order chi connectivity index (χ0) is 11.0. The molecule has 1 aliphatic rings. The van der Waals surface area contributed by atoms with Crippen LogP contribution in [0.1, 0.15) is 47.5 Å². The molecule has 0 radical (unpaired) electrons. The summed E-state index contributed by atoms with van der Waals surface area (Å²) in [4.78, 5) is 0. The molecular formula is C12H26N2. The first-order valence-electron chi connectivity index (χ1n) is 5.66. The number of nitrogens with one attached hydrogen (secondary N) is 1. The first-order chi connectivity index (χ1) is 6.16. The first kappa shape index (κ1) is 12.0. The van der Waals surface area contributed by atoms with E-state index in [9.17, 15) is 0 Å². The summed E-state index contributed by atoms with van der Waals surface area (Å²) in [7, 11) is 0. The maximum Gasteiger partial charge on any atom is 0.0282 e. The molecule has 0 bridgehead atoms. The fourth-order valence-corrected chi connectivity index (χ4v) is 1.23. The van der Waals surface area contributed by atoms with E-state index in [1.165, 1.54) is 12.8 Å². The molecule has 0 heterocycles. The minimum absolute atomic E-state index is 0.133. The summed E-state index contributed by atoms with van der Waals surface area (Å²) >= 11 is 0. The Balaban J connectivity index is 2.29. The van der Waals surface area contributed by atoms with Crippen molar-refractivity contribution in [3.8, 4) is 0 Å². The van der Waals surface area contributed by atoms with Gasteiger partial charge in [0.05, 0.1) is 0 Å². The monoisotopic (exact) mass is 198 g/mol. The number of hydrogen-bond acceptors (Lipinski definition) is 2. The standard InChI is InChI=1S/C12H26N2/c1-10(2,3)11(4,5)8-14-9-12(13)6-7-12/h14H,6-9,13H2,1-5H3. The zero-order valence-electron chi connectivity index (χ0n) is 10.4. The molecule has 0 spiro atoms. The third-order valence-electron chi connectivity index (χ3n) is 3.97. The zero-order valence-corrected chi connectivity index (χ0v) is 10.4. The Bertz CT molecular complexity index is 197. The summed E-state index contributed by atoms with van der Waals surface area (Å²) in [5.74, 6) is 0. The quantitative estimate of drug-likeness (QED) is 0.726. The number of hydrogen-bond donors (Lipinski definition) is 2. The SMILES string of the molecule is CC(C)(C)C(C)(C)CNCC1(N)CC1. The van der Waals surface area contributed by atoms with Crippen LogP contribution in [0.2, 0.25) is 0 Å². The highest BCUT2D eigenvalue weighted by molar-refractivity contribution is 5.01. The second kappa shape index (κ2) is 3.49. The first-order valence-corrected chi connectivity index (χ1v) is 5.66. The predicted molar refractivity (Wildman–Crippen MR) is 62.3 cm³/mol. The van der Waals surface area contributed by atoms with Crippen LogP contribution in [0.5, 0.6) is 0 Å². The van der Waals surface area contributed by atoms with Crippen molar-refractivity contribution in [2.24, 2.45) is 16.6 Å². The lowest BCUT2D eigenvalue weighted by molar-refractivity contribution is 0.128. The summed E-state index contributed by atoms with van der Waals surface area (Å²) in [6.45, 7) is 13.5. The highest BCUT2D eigenvalue weighted by atomic mass is 15.0. The third kappa shape index (κ3) is 2.96. The van der Waals surface area contributed by atoms with Gasteiger partial charge in [0.15, 0.2) is 0 Å². The Morgan fingerprint density at radius 1 is 1.14 bits per heavy atom. The van der Waals surface area contributed by atoms with E-state index in [0.29, 0.717) is 10.8 Å².